The summed E-state index contributed by atoms with van der Waals surface area (Å²) < 4.78 is 13.7. The molecule has 0 N–H and O–H groups in total. The summed E-state index contributed by atoms with van der Waals surface area (Å²) in [7, 11) is 0. The molecular weight excluding hydrogens is 163 g/mol. The standard InChI is InChI=1S/C12H13F/c1-8-3-6-11-10(7-8)5-4-9(2)12(11)13/h3-7,9,12H,1-2H3. The minimum absolute atomic E-state index is 0.00945. The zero-order chi connectivity index (χ0) is 9.42. The largest absolute Gasteiger partial charge is 0.242 e. The molecule has 0 fully saturated rings. The number of hydrogen-bond donors (Lipinski definition) is 0. The maximum atomic E-state index is 13.7. The summed E-state index contributed by atoms with van der Waals surface area (Å²) in [5.74, 6) is 0.00945. The van der Waals surface area contributed by atoms with Crippen LogP contribution >= 0.6 is 0 Å². The summed E-state index contributed by atoms with van der Waals surface area (Å²) in [5, 5.41) is 0. The molecule has 1 aromatic rings. The number of hydrogen-bond acceptors (Lipinski definition) is 0. The third-order valence-electron chi connectivity index (χ3n) is 2.58. The van der Waals surface area contributed by atoms with Gasteiger partial charge < -0.3 is 0 Å². The molecule has 0 bridgehead atoms. The average Bonchev–Trinajstić information content (AvgIpc) is 2.12. The second kappa shape index (κ2) is 2.99. The zero-order valence-electron chi connectivity index (χ0n) is 7.92. The Bertz CT molecular complexity index is 352. The molecule has 0 heterocycles. The van der Waals surface area contributed by atoms with Crippen LogP contribution in [0.3, 0.4) is 0 Å². The van der Waals surface area contributed by atoms with Crippen molar-refractivity contribution < 1.29 is 4.39 Å². The van der Waals surface area contributed by atoms with Gasteiger partial charge in [-0.25, -0.2) is 4.39 Å². The van der Waals surface area contributed by atoms with Crippen LogP contribution in [0.25, 0.3) is 6.08 Å². The first-order valence-corrected chi connectivity index (χ1v) is 4.61. The Morgan fingerprint density at radius 3 is 2.85 bits per heavy atom. The van der Waals surface area contributed by atoms with Crippen molar-refractivity contribution in [2.75, 3.05) is 0 Å². The van der Waals surface area contributed by atoms with Crippen LogP contribution in [0.5, 0.6) is 0 Å². The Labute approximate surface area is 78.1 Å². The van der Waals surface area contributed by atoms with Gasteiger partial charge in [-0.1, -0.05) is 42.8 Å². The first kappa shape index (κ1) is 8.49. The highest BCUT2D eigenvalue weighted by atomic mass is 19.1. The highest BCUT2D eigenvalue weighted by Crippen LogP contribution is 2.34. The molecule has 68 valence electrons. The van der Waals surface area contributed by atoms with E-state index in [1.165, 1.54) is 5.56 Å². The number of benzene rings is 1. The molecule has 0 saturated carbocycles. The number of allylic oxidation sites excluding steroid dienone is 1. The second-order valence-corrected chi connectivity index (χ2v) is 3.75. The van der Waals surface area contributed by atoms with Crippen molar-refractivity contribution in [1.82, 2.24) is 0 Å². The lowest BCUT2D eigenvalue weighted by Crippen LogP contribution is -2.07. The van der Waals surface area contributed by atoms with Crippen molar-refractivity contribution in [2.24, 2.45) is 5.92 Å². The fraction of sp³-hybridized carbons (Fsp3) is 0.333. The van der Waals surface area contributed by atoms with Crippen molar-refractivity contribution in [3.63, 3.8) is 0 Å². The minimum atomic E-state index is -0.833. The molecule has 1 heteroatoms. The Morgan fingerprint density at radius 2 is 2.08 bits per heavy atom. The second-order valence-electron chi connectivity index (χ2n) is 3.75. The number of alkyl halides is 1. The summed E-state index contributed by atoms with van der Waals surface area (Å²) in [4.78, 5) is 0. The van der Waals surface area contributed by atoms with Crippen LogP contribution in [0, 0.1) is 12.8 Å². The van der Waals surface area contributed by atoms with Crippen molar-refractivity contribution in [3.8, 4) is 0 Å². The maximum absolute atomic E-state index is 13.7. The highest BCUT2D eigenvalue weighted by molar-refractivity contribution is 5.58. The normalized spacial score (nSPS) is 25.8. The summed E-state index contributed by atoms with van der Waals surface area (Å²) in [6.07, 6.45) is 3.12. The number of aryl methyl sites for hydroxylation is 1. The van der Waals surface area contributed by atoms with Gasteiger partial charge in [0.2, 0.25) is 0 Å². The Balaban J connectivity index is 2.52. The van der Waals surface area contributed by atoms with Crippen LogP contribution in [0.4, 0.5) is 4.39 Å². The third kappa shape index (κ3) is 1.39. The summed E-state index contributed by atoms with van der Waals surface area (Å²) in [6, 6.07) is 5.90. The quantitative estimate of drug-likeness (QED) is 0.565. The predicted octanol–water partition coefficient (Wildman–Crippen LogP) is 3.67. The Hall–Kier alpha value is -1.11. The third-order valence-corrected chi connectivity index (χ3v) is 2.58. The first-order chi connectivity index (χ1) is 6.18. The topological polar surface area (TPSA) is 0 Å². The van der Waals surface area contributed by atoms with E-state index in [0.29, 0.717) is 0 Å². The molecule has 2 atom stereocenters. The van der Waals surface area contributed by atoms with E-state index < -0.39 is 6.17 Å². The van der Waals surface area contributed by atoms with E-state index in [9.17, 15) is 4.39 Å². The maximum Gasteiger partial charge on any atom is 0.132 e. The molecule has 0 aliphatic heterocycles. The van der Waals surface area contributed by atoms with E-state index in [2.05, 4.69) is 0 Å². The molecule has 1 aliphatic rings. The molecule has 1 aromatic carbocycles. The van der Waals surface area contributed by atoms with Gasteiger partial charge in [-0.15, -0.1) is 0 Å². The van der Waals surface area contributed by atoms with E-state index in [-0.39, 0.29) is 5.92 Å². The molecular formula is C12H13F. The van der Waals surface area contributed by atoms with E-state index in [0.717, 1.165) is 11.1 Å². The molecule has 0 radical (unpaired) electrons. The average molecular weight is 176 g/mol. The zero-order valence-corrected chi connectivity index (χ0v) is 7.92. The lowest BCUT2D eigenvalue weighted by molar-refractivity contribution is 0.280. The molecule has 0 amide bonds. The van der Waals surface area contributed by atoms with E-state index in [1.54, 1.807) is 0 Å². The number of fused-ring (bicyclic) bond motifs is 1. The van der Waals surface area contributed by atoms with Crippen LogP contribution in [0.15, 0.2) is 24.3 Å². The smallest absolute Gasteiger partial charge is 0.132 e. The van der Waals surface area contributed by atoms with Gasteiger partial charge in [0, 0.05) is 5.92 Å². The molecule has 1 aliphatic carbocycles. The highest BCUT2D eigenvalue weighted by Gasteiger charge is 2.21. The van der Waals surface area contributed by atoms with E-state index >= 15 is 0 Å². The fourth-order valence-corrected chi connectivity index (χ4v) is 1.73. The van der Waals surface area contributed by atoms with Gasteiger partial charge in [0.1, 0.15) is 6.17 Å². The van der Waals surface area contributed by atoms with Crippen LogP contribution in [-0.4, -0.2) is 0 Å². The SMILES string of the molecule is Cc1ccc2c(c1)C=CC(C)C2F. The van der Waals surface area contributed by atoms with Crippen LogP contribution in [-0.2, 0) is 0 Å². The van der Waals surface area contributed by atoms with Gasteiger partial charge in [-0.2, -0.15) is 0 Å². The molecule has 0 saturated heterocycles. The van der Waals surface area contributed by atoms with Gasteiger partial charge in [0.25, 0.3) is 0 Å². The van der Waals surface area contributed by atoms with E-state index in [1.807, 2.05) is 44.2 Å². The lowest BCUT2D eigenvalue weighted by atomic mass is 9.88. The number of halogens is 1. The van der Waals surface area contributed by atoms with Gasteiger partial charge in [-0.3, -0.25) is 0 Å². The van der Waals surface area contributed by atoms with Gasteiger partial charge in [0.05, 0.1) is 0 Å². The Kier molecular flexibility index (Phi) is 1.95. The van der Waals surface area contributed by atoms with Gasteiger partial charge >= 0.3 is 0 Å². The Morgan fingerprint density at radius 1 is 1.31 bits per heavy atom. The summed E-state index contributed by atoms with van der Waals surface area (Å²) >= 11 is 0. The minimum Gasteiger partial charge on any atom is -0.242 e. The van der Waals surface area contributed by atoms with Crippen LogP contribution < -0.4 is 0 Å². The van der Waals surface area contributed by atoms with Crippen molar-refractivity contribution >= 4 is 6.08 Å². The van der Waals surface area contributed by atoms with Crippen LogP contribution in [0.2, 0.25) is 0 Å². The monoisotopic (exact) mass is 176 g/mol. The molecule has 2 rings (SSSR count). The molecule has 2 unspecified atom stereocenters. The molecule has 0 aromatic heterocycles. The summed E-state index contributed by atoms with van der Waals surface area (Å²) in [6.45, 7) is 3.93. The lowest BCUT2D eigenvalue weighted by Gasteiger charge is -2.20. The van der Waals surface area contributed by atoms with Crippen LogP contribution in [0.1, 0.15) is 29.8 Å². The van der Waals surface area contributed by atoms with Crippen molar-refractivity contribution in [2.45, 2.75) is 20.0 Å². The van der Waals surface area contributed by atoms with Gasteiger partial charge in [-0.05, 0) is 18.1 Å². The molecule has 0 spiro atoms. The fourth-order valence-electron chi connectivity index (χ4n) is 1.73. The summed E-state index contributed by atoms with van der Waals surface area (Å²) in [5.41, 5.74) is 3.05. The van der Waals surface area contributed by atoms with Gasteiger partial charge in [0.15, 0.2) is 0 Å². The predicted molar refractivity (Wildman–Crippen MR) is 53.2 cm³/mol. The van der Waals surface area contributed by atoms with Crippen molar-refractivity contribution in [1.29, 1.82) is 0 Å². The van der Waals surface area contributed by atoms with Crippen molar-refractivity contribution in [3.05, 3.63) is 41.0 Å². The first-order valence-electron chi connectivity index (χ1n) is 4.61. The van der Waals surface area contributed by atoms with E-state index in [4.69, 9.17) is 0 Å². The number of rotatable bonds is 0. The molecule has 13 heavy (non-hydrogen) atoms. The molecule has 0 nitrogen and oxygen atoms in total.